The van der Waals surface area contributed by atoms with Crippen LogP contribution in [0.1, 0.15) is 20.8 Å². The number of amides is 2. The summed E-state index contributed by atoms with van der Waals surface area (Å²) in [7, 11) is -3.49. The summed E-state index contributed by atoms with van der Waals surface area (Å²) >= 11 is 6.37. The van der Waals surface area contributed by atoms with Crippen LogP contribution in [0.3, 0.4) is 0 Å². The van der Waals surface area contributed by atoms with Gasteiger partial charge in [0.1, 0.15) is 5.69 Å². The number of carbonyl (C=O) groups is 2. The van der Waals surface area contributed by atoms with E-state index in [1.54, 1.807) is 65.2 Å². The third-order valence-electron chi connectivity index (χ3n) is 5.03. The molecule has 5 N–H and O–H groups in total. The summed E-state index contributed by atoms with van der Waals surface area (Å²) in [6.45, 7) is 0. The minimum absolute atomic E-state index is 0.218. The Balaban J connectivity index is 1.93. The number of anilines is 1. The first kappa shape index (κ1) is 22.4. The van der Waals surface area contributed by atoms with Crippen molar-refractivity contribution in [1.29, 1.82) is 0 Å². The number of benzene rings is 3. The number of sulfonamides is 1. The summed E-state index contributed by atoms with van der Waals surface area (Å²) in [5.74, 6) is -1.23. The van der Waals surface area contributed by atoms with Crippen LogP contribution >= 0.6 is 11.6 Å². The van der Waals surface area contributed by atoms with Crippen LogP contribution in [-0.2, 0) is 10.0 Å². The second-order valence-corrected chi connectivity index (χ2v) is 9.64. The standard InChI is InChI=1S/C23H19ClN4O4S/c1-33(31,32)27-16-7-5-14-11-21(23(26)30)28(20(14)12-16)17-4-2-3-13(9-17)18-10-15(22(25)29)6-8-19(18)24/h2-12,27H,1H3,(H2,25,29)(H2,26,30). The Labute approximate surface area is 194 Å². The SMILES string of the molecule is CS(=O)(=O)Nc1ccc2cc(C(N)=O)n(-c3cccc(-c4cc(C(N)=O)ccc4Cl)c3)c2c1. The number of rotatable bonds is 6. The molecule has 0 spiro atoms. The number of nitrogens with two attached hydrogens (primary N) is 2. The molecule has 1 aromatic heterocycles. The Kier molecular flexibility index (Phi) is 5.61. The first-order chi connectivity index (χ1) is 15.5. The number of hydrogen-bond donors (Lipinski definition) is 3. The molecule has 168 valence electrons. The van der Waals surface area contributed by atoms with E-state index in [1.165, 1.54) is 0 Å². The lowest BCUT2D eigenvalue weighted by molar-refractivity contribution is 0.0988. The molecule has 0 aliphatic heterocycles. The van der Waals surface area contributed by atoms with Gasteiger partial charge in [-0.05, 0) is 54.1 Å². The Morgan fingerprint density at radius 2 is 1.70 bits per heavy atom. The molecule has 0 radical (unpaired) electrons. The van der Waals surface area contributed by atoms with Gasteiger partial charge >= 0.3 is 0 Å². The first-order valence-corrected chi connectivity index (χ1v) is 11.9. The van der Waals surface area contributed by atoms with Crippen LogP contribution in [0.5, 0.6) is 0 Å². The number of aromatic nitrogens is 1. The predicted molar refractivity (Wildman–Crippen MR) is 129 cm³/mol. The maximum absolute atomic E-state index is 12.2. The molecule has 0 saturated carbocycles. The van der Waals surface area contributed by atoms with Crippen molar-refractivity contribution in [2.45, 2.75) is 0 Å². The smallest absolute Gasteiger partial charge is 0.265 e. The Bertz CT molecular complexity index is 1540. The molecule has 3 aromatic carbocycles. The fourth-order valence-corrected chi connectivity index (χ4v) is 4.43. The molecule has 0 fully saturated rings. The molecule has 33 heavy (non-hydrogen) atoms. The van der Waals surface area contributed by atoms with Gasteiger partial charge in [0.05, 0.1) is 17.5 Å². The molecule has 4 aromatic rings. The van der Waals surface area contributed by atoms with Gasteiger partial charge in [-0.15, -0.1) is 0 Å². The second-order valence-electron chi connectivity index (χ2n) is 7.49. The van der Waals surface area contributed by atoms with Gasteiger partial charge in [0, 0.05) is 27.2 Å². The normalized spacial score (nSPS) is 11.5. The van der Waals surface area contributed by atoms with Crippen molar-refractivity contribution in [2.75, 3.05) is 11.0 Å². The van der Waals surface area contributed by atoms with E-state index in [-0.39, 0.29) is 5.69 Å². The molecular weight excluding hydrogens is 464 g/mol. The third-order valence-corrected chi connectivity index (χ3v) is 5.96. The molecule has 2 amide bonds. The van der Waals surface area contributed by atoms with Gasteiger partial charge in [0.2, 0.25) is 15.9 Å². The van der Waals surface area contributed by atoms with Crippen LogP contribution in [0, 0.1) is 0 Å². The lowest BCUT2D eigenvalue weighted by atomic mass is 10.0. The molecule has 0 saturated heterocycles. The van der Waals surface area contributed by atoms with E-state index in [1.807, 2.05) is 6.07 Å². The van der Waals surface area contributed by atoms with E-state index in [9.17, 15) is 18.0 Å². The van der Waals surface area contributed by atoms with Crippen molar-refractivity contribution < 1.29 is 18.0 Å². The highest BCUT2D eigenvalue weighted by atomic mass is 35.5. The van der Waals surface area contributed by atoms with E-state index < -0.39 is 21.8 Å². The van der Waals surface area contributed by atoms with E-state index in [0.29, 0.717) is 44.0 Å². The number of primary amides is 2. The summed E-state index contributed by atoms with van der Waals surface area (Å²) in [5, 5.41) is 1.12. The van der Waals surface area contributed by atoms with Crippen molar-refractivity contribution in [3.8, 4) is 16.8 Å². The topological polar surface area (TPSA) is 137 Å². The largest absolute Gasteiger partial charge is 0.366 e. The molecule has 0 bridgehead atoms. The average Bonchev–Trinajstić information content (AvgIpc) is 3.12. The number of hydrogen-bond acceptors (Lipinski definition) is 4. The van der Waals surface area contributed by atoms with Gasteiger partial charge in [0.25, 0.3) is 5.91 Å². The molecular formula is C23H19ClN4O4S. The van der Waals surface area contributed by atoms with Crippen LogP contribution in [0.15, 0.2) is 66.7 Å². The Morgan fingerprint density at radius 1 is 0.939 bits per heavy atom. The lowest BCUT2D eigenvalue weighted by Crippen LogP contribution is -2.16. The first-order valence-electron chi connectivity index (χ1n) is 9.67. The van der Waals surface area contributed by atoms with Crippen LogP contribution in [0.4, 0.5) is 5.69 Å². The maximum Gasteiger partial charge on any atom is 0.265 e. The number of fused-ring (bicyclic) bond motifs is 1. The Morgan fingerprint density at radius 3 is 2.36 bits per heavy atom. The molecule has 1 heterocycles. The zero-order valence-electron chi connectivity index (χ0n) is 17.4. The van der Waals surface area contributed by atoms with Crippen molar-refractivity contribution in [1.82, 2.24) is 4.57 Å². The van der Waals surface area contributed by atoms with Crippen molar-refractivity contribution in [3.05, 3.63) is 83.0 Å². The van der Waals surface area contributed by atoms with Crippen molar-refractivity contribution in [2.24, 2.45) is 11.5 Å². The second kappa shape index (κ2) is 8.27. The van der Waals surface area contributed by atoms with E-state index in [4.69, 9.17) is 23.1 Å². The fraction of sp³-hybridized carbons (Fsp3) is 0.0435. The van der Waals surface area contributed by atoms with Crippen LogP contribution < -0.4 is 16.2 Å². The zero-order valence-corrected chi connectivity index (χ0v) is 18.9. The maximum atomic E-state index is 12.2. The lowest BCUT2D eigenvalue weighted by Gasteiger charge is -2.13. The highest BCUT2D eigenvalue weighted by Crippen LogP contribution is 2.33. The molecule has 4 rings (SSSR count). The average molecular weight is 483 g/mol. The van der Waals surface area contributed by atoms with Crippen molar-refractivity contribution >= 4 is 50.0 Å². The third kappa shape index (κ3) is 4.55. The molecule has 10 heteroatoms. The number of nitrogens with one attached hydrogen (secondary N) is 1. The molecule has 0 aliphatic carbocycles. The van der Waals surface area contributed by atoms with E-state index in [0.717, 1.165) is 6.26 Å². The minimum atomic E-state index is -3.49. The van der Waals surface area contributed by atoms with Crippen LogP contribution in [-0.4, -0.2) is 31.1 Å². The summed E-state index contributed by atoms with van der Waals surface area (Å²) in [4.78, 5) is 23.8. The highest BCUT2D eigenvalue weighted by molar-refractivity contribution is 7.92. The quantitative estimate of drug-likeness (QED) is 0.387. The van der Waals surface area contributed by atoms with Gasteiger partial charge in [-0.25, -0.2) is 8.42 Å². The summed E-state index contributed by atoms with van der Waals surface area (Å²) < 4.78 is 27.4. The highest BCUT2D eigenvalue weighted by Gasteiger charge is 2.17. The van der Waals surface area contributed by atoms with Gasteiger partial charge in [0.15, 0.2) is 0 Å². The Hall–Kier alpha value is -3.82. The molecule has 8 nitrogen and oxygen atoms in total. The predicted octanol–water partition coefficient (Wildman–Crippen LogP) is 3.52. The van der Waals surface area contributed by atoms with E-state index >= 15 is 0 Å². The number of nitrogens with zero attached hydrogens (tertiary/aromatic N) is 1. The number of halogens is 1. The minimum Gasteiger partial charge on any atom is -0.366 e. The van der Waals surface area contributed by atoms with E-state index in [2.05, 4.69) is 4.72 Å². The molecule has 0 unspecified atom stereocenters. The fourth-order valence-electron chi connectivity index (χ4n) is 3.65. The molecule has 0 aliphatic rings. The zero-order chi connectivity index (χ0) is 23.9. The monoisotopic (exact) mass is 482 g/mol. The van der Waals surface area contributed by atoms with Gasteiger partial charge in [-0.2, -0.15) is 0 Å². The van der Waals surface area contributed by atoms with Gasteiger partial charge in [-0.1, -0.05) is 29.8 Å². The van der Waals surface area contributed by atoms with Crippen LogP contribution in [0.2, 0.25) is 5.02 Å². The summed E-state index contributed by atoms with van der Waals surface area (Å²) in [6, 6.07) is 18.4. The summed E-state index contributed by atoms with van der Waals surface area (Å²) in [5.41, 5.74) is 14.3. The van der Waals surface area contributed by atoms with Gasteiger partial charge < -0.3 is 16.0 Å². The summed E-state index contributed by atoms with van der Waals surface area (Å²) in [6.07, 6.45) is 1.05. The van der Waals surface area contributed by atoms with Gasteiger partial charge in [-0.3, -0.25) is 14.3 Å². The number of carbonyl (C=O) groups excluding carboxylic acids is 2. The van der Waals surface area contributed by atoms with Crippen LogP contribution in [0.25, 0.3) is 27.7 Å². The van der Waals surface area contributed by atoms with Crippen molar-refractivity contribution in [3.63, 3.8) is 0 Å². The molecule has 0 atom stereocenters.